The summed E-state index contributed by atoms with van der Waals surface area (Å²) < 4.78 is 26.6. The van der Waals surface area contributed by atoms with Crippen molar-refractivity contribution in [3.05, 3.63) is 99.3 Å². The van der Waals surface area contributed by atoms with Crippen LogP contribution in [0.5, 0.6) is 11.5 Å². The third-order valence-corrected chi connectivity index (χ3v) is 7.03. The molecule has 5 rings (SSSR count). The Kier molecular flexibility index (Phi) is 5.68. The van der Waals surface area contributed by atoms with Crippen LogP contribution in [0.1, 0.15) is 40.6 Å². The number of ether oxygens (including phenoxy) is 2. The molecule has 164 valence electrons. The van der Waals surface area contributed by atoms with Gasteiger partial charge >= 0.3 is 0 Å². The molecule has 0 aromatic heterocycles. The fraction of sp³-hybridized carbons (Fsp3) is 0.259. The second kappa shape index (κ2) is 8.62. The lowest BCUT2D eigenvalue weighted by molar-refractivity contribution is 0.282. The van der Waals surface area contributed by atoms with E-state index in [1.807, 2.05) is 6.07 Å². The number of nitrogens with one attached hydrogen (secondary N) is 1. The van der Waals surface area contributed by atoms with Crippen molar-refractivity contribution in [1.29, 1.82) is 0 Å². The van der Waals surface area contributed by atoms with Crippen LogP contribution >= 0.6 is 15.9 Å². The lowest BCUT2D eigenvalue weighted by atomic mass is 9.77. The molecule has 2 aliphatic rings. The molecule has 0 bridgehead atoms. The van der Waals surface area contributed by atoms with Crippen LogP contribution in [0.4, 0.5) is 10.1 Å². The van der Waals surface area contributed by atoms with Gasteiger partial charge in [0, 0.05) is 11.6 Å². The van der Waals surface area contributed by atoms with Crippen LogP contribution in [-0.4, -0.2) is 7.11 Å². The number of hydrogen-bond donors (Lipinski definition) is 1. The predicted molar refractivity (Wildman–Crippen MR) is 129 cm³/mol. The topological polar surface area (TPSA) is 30.5 Å². The molecule has 1 N–H and O–H groups in total. The number of aryl methyl sites for hydroxylation is 1. The minimum atomic E-state index is -0.192. The Morgan fingerprint density at radius 3 is 2.69 bits per heavy atom. The molecule has 3 nitrogen and oxygen atoms in total. The van der Waals surface area contributed by atoms with Crippen molar-refractivity contribution in [2.24, 2.45) is 5.92 Å². The third-order valence-electron chi connectivity index (χ3n) is 6.44. The minimum absolute atomic E-state index is 0.0873. The van der Waals surface area contributed by atoms with Crippen molar-refractivity contribution in [3.8, 4) is 11.5 Å². The van der Waals surface area contributed by atoms with Gasteiger partial charge in [-0.3, -0.25) is 0 Å². The highest BCUT2D eigenvalue weighted by Gasteiger charge is 2.38. The molecule has 1 aliphatic carbocycles. The van der Waals surface area contributed by atoms with Crippen LogP contribution in [0, 0.1) is 18.7 Å². The lowest BCUT2D eigenvalue weighted by Gasteiger charge is -2.37. The molecule has 0 amide bonds. The van der Waals surface area contributed by atoms with E-state index in [2.05, 4.69) is 76.7 Å². The molecule has 3 aromatic rings. The number of hydrogen-bond acceptors (Lipinski definition) is 3. The molecule has 32 heavy (non-hydrogen) atoms. The summed E-state index contributed by atoms with van der Waals surface area (Å²) in [5, 5.41) is 3.65. The molecule has 1 heterocycles. The van der Waals surface area contributed by atoms with Crippen LogP contribution < -0.4 is 14.8 Å². The van der Waals surface area contributed by atoms with Crippen molar-refractivity contribution in [1.82, 2.24) is 0 Å². The summed E-state index contributed by atoms with van der Waals surface area (Å²) >= 11 is 3.71. The van der Waals surface area contributed by atoms with Gasteiger partial charge in [0.25, 0.3) is 0 Å². The average molecular weight is 494 g/mol. The van der Waals surface area contributed by atoms with Gasteiger partial charge in [-0.2, -0.15) is 0 Å². The summed E-state index contributed by atoms with van der Waals surface area (Å²) in [7, 11) is 1.66. The summed E-state index contributed by atoms with van der Waals surface area (Å²) in [6.45, 7) is 2.53. The summed E-state index contributed by atoms with van der Waals surface area (Å²) in [6.07, 6.45) is 5.36. The monoisotopic (exact) mass is 493 g/mol. The van der Waals surface area contributed by atoms with Gasteiger partial charge in [-0.15, -0.1) is 0 Å². The van der Waals surface area contributed by atoms with Crippen LogP contribution in [0.2, 0.25) is 0 Å². The van der Waals surface area contributed by atoms with Gasteiger partial charge in [0.15, 0.2) is 11.5 Å². The highest BCUT2D eigenvalue weighted by Crippen LogP contribution is 2.51. The Morgan fingerprint density at radius 2 is 1.91 bits per heavy atom. The highest BCUT2D eigenvalue weighted by atomic mass is 79.9. The summed E-state index contributed by atoms with van der Waals surface area (Å²) in [4.78, 5) is 0. The standard InChI is InChI=1S/C27H25BrFNO2/c1-16-6-8-17(9-7-16)15-32-27-23(28)12-18(13-25(27)31-2)26-21-5-3-4-20(21)22-14-19(29)10-11-24(22)30-26/h3-4,6-14,20-21,26,30H,5,15H2,1-2H3/t20-,21+,26+/m1/s1. The number of benzene rings is 3. The molecule has 0 saturated carbocycles. The van der Waals surface area contributed by atoms with E-state index in [9.17, 15) is 4.39 Å². The zero-order chi connectivity index (χ0) is 22.2. The van der Waals surface area contributed by atoms with E-state index in [4.69, 9.17) is 9.47 Å². The quantitative estimate of drug-likeness (QED) is 0.378. The Bertz CT molecular complexity index is 1180. The lowest BCUT2D eigenvalue weighted by Crippen LogP contribution is -2.29. The fourth-order valence-electron chi connectivity index (χ4n) is 4.79. The molecule has 1 aliphatic heterocycles. The van der Waals surface area contributed by atoms with Gasteiger partial charge in [0.1, 0.15) is 12.4 Å². The number of rotatable bonds is 5. The van der Waals surface area contributed by atoms with Gasteiger partial charge in [0.2, 0.25) is 0 Å². The zero-order valence-electron chi connectivity index (χ0n) is 18.1. The first-order valence-electron chi connectivity index (χ1n) is 10.8. The second-order valence-electron chi connectivity index (χ2n) is 8.52. The second-order valence-corrected chi connectivity index (χ2v) is 9.37. The average Bonchev–Trinajstić information content (AvgIpc) is 3.29. The molecule has 0 spiro atoms. The van der Waals surface area contributed by atoms with Crippen LogP contribution in [0.3, 0.4) is 0 Å². The fourth-order valence-corrected chi connectivity index (χ4v) is 5.37. The van der Waals surface area contributed by atoms with E-state index in [1.165, 1.54) is 11.6 Å². The molecule has 0 radical (unpaired) electrons. The van der Waals surface area contributed by atoms with Gasteiger partial charge in [-0.05, 0) is 82.2 Å². The van der Waals surface area contributed by atoms with Crippen LogP contribution in [-0.2, 0) is 6.61 Å². The first-order chi connectivity index (χ1) is 15.5. The number of allylic oxidation sites excluding steroid dienone is 2. The minimum Gasteiger partial charge on any atom is -0.493 e. The number of halogens is 2. The molecule has 0 fully saturated rings. The molecule has 3 atom stereocenters. The Hall–Kier alpha value is -2.79. The summed E-state index contributed by atoms with van der Waals surface area (Å²) in [6, 6.07) is 17.6. The number of fused-ring (bicyclic) bond motifs is 3. The maximum atomic E-state index is 13.9. The number of anilines is 1. The van der Waals surface area contributed by atoms with Crippen molar-refractivity contribution < 1.29 is 13.9 Å². The molecule has 5 heteroatoms. The molecular weight excluding hydrogens is 469 g/mol. The summed E-state index contributed by atoms with van der Waals surface area (Å²) in [5.74, 6) is 1.71. The van der Waals surface area contributed by atoms with Crippen molar-refractivity contribution >= 4 is 21.6 Å². The van der Waals surface area contributed by atoms with Crippen molar-refractivity contribution in [3.63, 3.8) is 0 Å². The predicted octanol–water partition coefficient (Wildman–Crippen LogP) is 7.31. The maximum Gasteiger partial charge on any atom is 0.175 e. The van der Waals surface area contributed by atoms with E-state index in [1.54, 1.807) is 13.2 Å². The van der Waals surface area contributed by atoms with Crippen molar-refractivity contribution in [2.45, 2.75) is 31.9 Å². The Labute approximate surface area is 196 Å². The van der Waals surface area contributed by atoms with Gasteiger partial charge < -0.3 is 14.8 Å². The molecule has 0 unspecified atom stereocenters. The van der Waals surface area contributed by atoms with Crippen LogP contribution in [0.15, 0.2) is 71.2 Å². The first kappa shape index (κ1) is 21.1. The largest absolute Gasteiger partial charge is 0.493 e. The molecular formula is C27H25BrFNO2. The molecule has 3 aromatic carbocycles. The van der Waals surface area contributed by atoms with Gasteiger partial charge in [0.05, 0.1) is 17.6 Å². The van der Waals surface area contributed by atoms with Crippen molar-refractivity contribution in [2.75, 3.05) is 12.4 Å². The Balaban J connectivity index is 1.44. The maximum absolute atomic E-state index is 13.9. The van der Waals surface area contributed by atoms with Gasteiger partial charge in [-0.25, -0.2) is 4.39 Å². The first-order valence-corrected chi connectivity index (χ1v) is 11.6. The summed E-state index contributed by atoms with van der Waals surface area (Å²) in [5.41, 5.74) is 5.46. The zero-order valence-corrected chi connectivity index (χ0v) is 19.7. The number of methoxy groups -OCH3 is 1. The van der Waals surface area contributed by atoms with E-state index < -0.39 is 0 Å². The third kappa shape index (κ3) is 3.90. The smallest absolute Gasteiger partial charge is 0.175 e. The van der Waals surface area contributed by atoms with E-state index in [0.29, 0.717) is 24.0 Å². The van der Waals surface area contributed by atoms with E-state index in [0.717, 1.165) is 33.3 Å². The normalized spacial score (nSPS) is 20.9. The van der Waals surface area contributed by atoms with E-state index >= 15 is 0 Å². The highest BCUT2D eigenvalue weighted by molar-refractivity contribution is 9.10. The van der Waals surface area contributed by atoms with Crippen LogP contribution in [0.25, 0.3) is 0 Å². The SMILES string of the molecule is COc1cc([C@@H]2Nc3ccc(F)cc3[C@@H]3C=CC[C@@H]32)cc(Br)c1OCc1ccc(C)cc1. The van der Waals surface area contributed by atoms with Gasteiger partial charge in [-0.1, -0.05) is 42.0 Å². The molecule has 0 saturated heterocycles. The van der Waals surface area contributed by atoms with E-state index in [-0.39, 0.29) is 17.8 Å². The Morgan fingerprint density at radius 1 is 1.09 bits per heavy atom.